The molecule has 0 radical (unpaired) electrons. The second kappa shape index (κ2) is 0.365. The summed E-state index contributed by atoms with van der Waals surface area (Å²) in [6.07, 6.45) is 0. The van der Waals surface area contributed by atoms with E-state index in [0.29, 0.717) is 0 Å². The van der Waals surface area contributed by atoms with E-state index in [1.54, 1.807) is 5.12 Å². The van der Waals surface area contributed by atoms with Crippen molar-refractivity contribution >= 4 is 0 Å². The Morgan fingerprint density at radius 3 is 2.43 bits per heavy atom. The average Bonchev–Trinajstić information content (AvgIpc) is 2.27. The molecule has 36 valence electrons. The van der Waals surface area contributed by atoms with Crippen molar-refractivity contribution in [2.45, 2.75) is 5.91 Å². The molecule has 3 heterocycles. The number of fused-ring (bicyclic) bond motifs is 1. The molecule has 7 heavy (non-hydrogen) atoms. The Bertz CT molecular complexity index is 177. The quantitative estimate of drug-likeness (QED) is 0.401. The van der Waals surface area contributed by atoms with Gasteiger partial charge in [0.25, 0.3) is 0 Å². The molecule has 1 spiro atoms. The lowest BCUT2D eigenvalue weighted by atomic mass is 10.9. The van der Waals surface area contributed by atoms with Crippen molar-refractivity contribution in [3.63, 3.8) is 0 Å². The highest BCUT2D eigenvalue weighted by Crippen LogP contribution is 2.65. The largest absolute Gasteiger partial charge is 0.375 e. The molecule has 3 rings (SSSR count). The van der Waals surface area contributed by atoms with Crippen LogP contribution in [0.3, 0.4) is 0 Å². The van der Waals surface area contributed by atoms with Crippen LogP contribution in [0.1, 0.15) is 0 Å². The minimum absolute atomic E-state index is 0.472. The van der Waals surface area contributed by atoms with Crippen LogP contribution in [0.2, 0.25) is 0 Å². The Morgan fingerprint density at radius 2 is 2.43 bits per heavy atom. The normalized spacial score (nSPS) is 68.4. The van der Waals surface area contributed by atoms with Gasteiger partial charge < -0.3 is 0 Å². The molecule has 6 nitrogen and oxygen atoms in total. The molecule has 2 fully saturated rings. The average molecular weight is 99.1 g/mol. The van der Waals surface area contributed by atoms with E-state index >= 15 is 0 Å². The number of hydrogen-bond acceptors (Lipinski definition) is 6. The Balaban J connectivity index is 2.18. The van der Waals surface area contributed by atoms with E-state index in [1.165, 1.54) is 5.12 Å². The first kappa shape index (κ1) is 2.55. The third-order valence-electron chi connectivity index (χ3n) is 1.35. The lowest BCUT2D eigenvalue weighted by Crippen LogP contribution is -2.32. The fourth-order valence-corrected chi connectivity index (χ4v) is 0.775. The van der Waals surface area contributed by atoms with Crippen molar-refractivity contribution in [1.82, 2.24) is 15.4 Å². The summed E-state index contributed by atoms with van der Waals surface area (Å²) in [5, 5.41) is 19.7. The number of nitrogens with zero attached hydrogens (tertiary/aromatic N) is 5. The summed E-state index contributed by atoms with van der Waals surface area (Å²) in [4.78, 5) is 0. The Labute approximate surface area is 38.1 Å². The predicted octanol–water partition coefficient (Wildman–Crippen LogP) is -0.869. The summed E-state index contributed by atoms with van der Waals surface area (Å²) in [6.45, 7) is 0. The van der Waals surface area contributed by atoms with Gasteiger partial charge >= 0.3 is 5.91 Å². The summed E-state index contributed by atoms with van der Waals surface area (Å²) in [6, 6.07) is 0. The number of hydroxylamine groups is 1. The first-order chi connectivity index (χ1) is 3.37. The van der Waals surface area contributed by atoms with Crippen LogP contribution in [0, 0.1) is 0 Å². The van der Waals surface area contributed by atoms with Gasteiger partial charge in [-0.25, -0.2) is 0 Å². The van der Waals surface area contributed by atoms with E-state index in [4.69, 9.17) is 5.21 Å². The second-order valence-electron chi connectivity index (χ2n) is 1.66. The van der Waals surface area contributed by atoms with Gasteiger partial charge in [-0.15, -0.1) is 5.12 Å². The van der Waals surface area contributed by atoms with Gasteiger partial charge in [0.2, 0.25) is 0 Å². The molecule has 6 heteroatoms. The maximum Gasteiger partial charge on any atom is 0.375 e. The minimum atomic E-state index is -0.472. The molecule has 1 N–H and O–H groups in total. The van der Waals surface area contributed by atoms with Crippen LogP contribution < -0.4 is 0 Å². The molecule has 0 aromatic rings. The van der Waals surface area contributed by atoms with E-state index in [0.717, 1.165) is 5.17 Å². The van der Waals surface area contributed by atoms with Gasteiger partial charge in [0, 0.05) is 0 Å². The lowest BCUT2D eigenvalue weighted by Gasteiger charge is -2.12. The first-order valence-corrected chi connectivity index (χ1v) is 1.89. The highest BCUT2D eigenvalue weighted by Gasteiger charge is 2.95. The van der Waals surface area contributed by atoms with Crippen LogP contribution in [-0.2, 0) is 0 Å². The van der Waals surface area contributed by atoms with Crippen molar-refractivity contribution in [3.8, 4) is 0 Å². The molecular weight excluding hydrogens is 98.0 g/mol. The fourth-order valence-electron chi connectivity index (χ4n) is 0.775. The zero-order valence-electron chi connectivity index (χ0n) is 3.18. The summed E-state index contributed by atoms with van der Waals surface area (Å²) < 4.78 is 0. The topological polar surface area (TPSA) is 54.0 Å². The van der Waals surface area contributed by atoms with Crippen LogP contribution in [-0.4, -0.2) is 26.5 Å². The van der Waals surface area contributed by atoms with Crippen LogP contribution >= 0.6 is 0 Å². The summed E-state index contributed by atoms with van der Waals surface area (Å²) in [5.74, 6) is -0.472. The third-order valence-corrected chi connectivity index (χ3v) is 1.35. The molecule has 3 unspecified atom stereocenters. The fraction of sp³-hybridized carbons (Fsp3) is 1.00. The Kier molecular flexibility index (Phi) is 0.133. The molecule has 0 aromatic carbocycles. The first-order valence-electron chi connectivity index (χ1n) is 1.89. The van der Waals surface area contributed by atoms with Gasteiger partial charge in [0.1, 0.15) is 0 Å². The van der Waals surface area contributed by atoms with Gasteiger partial charge in [0.05, 0.1) is 0 Å². The zero-order chi connectivity index (χ0) is 4.65. The summed E-state index contributed by atoms with van der Waals surface area (Å²) in [5.41, 5.74) is 0. The maximum absolute atomic E-state index is 8.53. The van der Waals surface area contributed by atoms with E-state index in [-0.39, 0.29) is 0 Å². The zero-order valence-corrected chi connectivity index (χ0v) is 3.18. The molecule has 0 saturated carbocycles. The monoisotopic (exact) mass is 99.0 g/mol. The highest BCUT2D eigenvalue weighted by atomic mass is 16.7. The van der Waals surface area contributed by atoms with E-state index < -0.39 is 5.91 Å². The minimum Gasteiger partial charge on any atom is -0.292 e. The van der Waals surface area contributed by atoms with Crippen LogP contribution in [0.15, 0.2) is 10.3 Å². The van der Waals surface area contributed by atoms with Crippen molar-refractivity contribution in [1.29, 1.82) is 0 Å². The second-order valence-corrected chi connectivity index (χ2v) is 1.66. The standard InChI is InChI=1S/CHN5O/c7-6-1-2-3-4(1)5(1)6/h7H. The van der Waals surface area contributed by atoms with Gasteiger partial charge in [-0.05, 0) is 15.5 Å². The smallest absolute Gasteiger partial charge is 0.292 e. The Morgan fingerprint density at radius 1 is 1.57 bits per heavy atom. The van der Waals surface area contributed by atoms with Crippen LogP contribution in [0.4, 0.5) is 0 Å². The van der Waals surface area contributed by atoms with Crippen LogP contribution in [0.5, 0.6) is 0 Å². The summed E-state index contributed by atoms with van der Waals surface area (Å²) in [7, 11) is 0. The van der Waals surface area contributed by atoms with Crippen molar-refractivity contribution in [3.05, 3.63) is 0 Å². The molecule has 3 atom stereocenters. The molecule has 0 aromatic heterocycles. The van der Waals surface area contributed by atoms with Crippen molar-refractivity contribution in [2.75, 3.05) is 0 Å². The van der Waals surface area contributed by atoms with Crippen LogP contribution in [0.25, 0.3) is 0 Å². The SMILES string of the molecule is ON1N2N3N=NC132. The molecule has 3 aliphatic heterocycles. The van der Waals surface area contributed by atoms with Crippen molar-refractivity contribution in [2.24, 2.45) is 10.3 Å². The van der Waals surface area contributed by atoms with Gasteiger partial charge in [-0.2, -0.15) is 0 Å². The number of hydrogen-bond donors (Lipinski definition) is 1. The third kappa shape index (κ3) is 0.0763. The maximum atomic E-state index is 8.53. The molecule has 0 bridgehead atoms. The highest BCUT2D eigenvalue weighted by molar-refractivity contribution is 5.08. The predicted molar refractivity (Wildman–Crippen MR) is 14.9 cm³/mol. The number of rotatable bonds is 0. The lowest BCUT2D eigenvalue weighted by molar-refractivity contribution is -0.198. The van der Waals surface area contributed by atoms with E-state index in [1.807, 2.05) is 0 Å². The molecule has 2 saturated heterocycles. The van der Waals surface area contributed by atoms with Gasteiger partial charge in [0.15, 0.2) is 0 Å². The van der Waals surface area contributed by atoms with Gasteiger partial charge in [-0.3, -0.25) is 5.21 Å². The van der Waals surface area contributed by atoms with Gasteiger partial charge in [-0.1, -0.05) is 5.11 Å². The summed E-state index contributed by atoms with van der Waals surface area (Å²) >= 11 is 0. The molecule has 0 aliphatic carbocycles. The molecule has 3 aliphatic rings. The number of hydrazine groups is 2. The van der Waals surface area contributed by atoms with E-state index in [9.17, 15) is 0 Å². The molecule has 0 amide bonds. The Hall–Kier alpha value is -0.720. The van der Waals surface area contributed by atoms with E-state index in [2.05, 4.69) is 10.3 Å². The molecular formula is CHN5O. The van der Waals surface area contributed by atoms with Crippen molar-refractivity contribution < 1.29 is 5.21 Å².